The van der Waals surface area contributed by atoms with Crippen LogP contribution < -0.4 is 5.32 Å². The van der Waals surface area contributed by atoms with Gasteiger partial charge in [-0.1, -0.05) is 30.3 Å². The highest BCUT2D eigenvalue weighted by Crippen LogP contribution is 2.25. The van der Waals surface area contributed by atoms with E-state index in [1.807, 2.05) is 13.8 Å². The number of hydrogen-bond acceptors (Lipinski definition) is 3. The molecule has 1 aromatic rings. The molecule has 2 amide bonds. The van der Waals surface area contributed by atoms with Gasteiger partial charge in [-0.15, -0.1) is 0 Å². The average Bonchev–Trinajstić information content (AvgIpc) is 2.80. The van der Waals surface area contributed by atoms with Gasteiger partial charge in [0.1, 0.15) is 5.82 Å². The van der Waals surface area contributed by atoms with Crippen LogP contribution in [-0.4, -0.2) is 33.9 Å². The molecule has 0 radical (unpaired) electrons. The lowest BCUT2D eigenvalue weighted by Crippen LogP contribution is -2.42. The highest BCUT2D eigenvalue weighted by Gasteiger charge is 2.28. The van der Waals surface area contributed by atoms with Gasteiger partial charge >= 0.3 is 6.03 Å². The summed E-state index contributed by atoms with van der Waals surface area (Å²) in [6.07, 6.45) is 0. The zero-order valence-corrected chi connectivity index (χ0v) is 13.6. The Kier molecular flexibility index (Phi) is 5.11. The Morgan fingerprint density at radius 2 is 2.29 bits per heavy atom. The van der Waals surface area contributed by atoms with Crippen molar-refractivity contribution in [1.82, 2.24) is 4.90 Å². The van der Waals surface area contributed by atoms with Crippen molar-refractivity contribution in [3.63, 3.8) is 0 Å². The predicted molar refractivity (Wildman–Crippen MR) is 86.8 cm³/mol. The molecule has 0 unspecified atom stereocenters. The molecule has 1 heterocycles. The molecular weight excluding hydrogens is 313 g/mol. The number of nitrogens with one attached hydrogen (secondary N) is 1. The van der Waals surface area contributed by atoms with Crippen molar-refractivity contribution in [3.8, 4) is 0 Å². The van der Waals surface area contributed by atoms with Crippen molar-refractivity contribution in [3.05, 3.63) is 29.0 Å². The molecule has 114 valence electrons. The summed E-state index contributed by atoms with van der Waals surface area (Å²) in [7, 11) is 0. The summed E-state index contributed by atoms with van der Waals surface area (Å²) in [6, 6.07) is 3.76. The second kappa shape index (κ2) is 6.66. The Balaban J connectivity index is 2.14. The van der Waals surface area contributed by atoms with Gasteiger partial charge in [-0.05, 0) is 32.0 Å². The maximum Gasteiger partial charge on any atom is 0.328 e. The van der Waals surface area contributed by atoms with Crippen LogP contribution in [0.15, 0.2) is 23.2 Å². The summed E-state index contributed by atoms with van der Waals surface area (Å²) in [5, 5.41) is 3.78. The molecule has 0 saturated heterocycles. The number of halogens is 2. The summed E-state index contributed by atoms with van der Waals surface area (Å²) >= 11 is 7.29. The number of anilines is 1. The average molecular weight is 330 g/mol. The van der Waals surface area contributed by atoms with Crippen LogP contribution in [0.2, 0.25) is 5.02 Å². The van der Waals surface area contributed by atoms with Gasteiger partial charge in [-0.25, -0.2) is 9.18 Å². The Labute approximate surface area is 132 Å². The van der Waals surface area contributed by atoms with Crippen LogP contribution in [0.3, 0.4) is 0 Å². The van der Waals surface area contributed by atoms with E-state index in [4.69, 9.17) is 11.6 Å². The summed E-state index contributed by atoms with van der Waals surface area (Å²) < 4.78 is 13.1. The lowest BCUT2D eigenvalue weighted by Gasteiger charge is -2.26. The third kappa shape index (κ3) is 3.89. The number of thioether (sulfide) groups is 1. The minimum absolute atomic E-state index is 0.0231. The summed E-state index contributed by atoms with van der Waals surface area (Å²) in [5.41, 5.74) is 0.452. The fourth-order valence-corrected chi connectivity index (χ4v) is 3.14. The highest BCUT2D eigenvalue weighted by molar-refractivity contribution is 8.14. The van der Waals surface area contributed by atoms with E-state index in [1.54, 1.807) is 16.7 Å². The third-order valence-electron chi connectivity index (χ3n) is 2.90. The van der Waals surface area contributed by atoms with Crippen LogP contribution >= 0.6 is 23.4 Å². The maximum atomic E-state index is 13.1. The van der Waals surface area contributed by atoms with Crippen LogP contribution in [0.1, 0.15) is 20.8 Å². The molecule has 0 fully saturated rings. The van der Waals surface area contributed by atoms with E-state index in [0.717, 1.165) is 0 Å². The molecule has 1 aromatic carbocycles. The minimum atomic E-state index is -0.514. The summed E-state index contributed by atoms with van der Waals surface area (Å²) in [5.74, 6) is -0.514. The van der Waals surface area contributed by atoms with E-state index in [1.165, 1.54) is 18.2 Å². The number of aliphatic imine (C=N–C) groups is 1. The first kappa shape index (κ1) is 16.1. The van der Waals surface area contributed by atoms with Crippen molar-refractivity contribution < 1.29 is 9.18 Å². The molecule has 0 saturated carbocycles. The molecule has 7 heteroatoms. The number of amidine groups is 1. The molecule has 1 aliphatic rings. The number of urea groups is 1. The van der Waals surface area contributed by atoms with Gasteiger partial charge in [-0.2, -0.15) is 0 Å². The summed E-state index contributed by atoms with van der Waals surface area (Å²) in [4.78, 5) is 18.4. The Morgan fingerprint density at radius 1 is 1.57 bits per heavy atom. The van der Waals surface area contributed by atoms with Crippen LogP contribution in [0.4, 0.5) is 14.9 Å². The fraction of sp³-hybridized carbons (Fsp3) is 0.429. The standard InChI is InChI=1S/C14H17ClFN3OS/c1-8(2)19(14-17-7-9(3)21-14)13(20)18-10-4-5-12(16)11(15)6-10/h4-6,8-9H,7H2,1-3H3,(H,18,20)/t9-/m1/s1. The molecule has 1 aliphatic heterocycles. The fourth-order valence-electron chi connectivity index (χ4n) is 1.89. The van der Waals surface area contributed by atoms with E-state index < -0.39 is 5.82 Å². The number of amides is 2. The lowest BCUT2D eigenvalue weighted by molar-refractivity contribution is 0.227. The Morgan fingerprint density at radius 3 is 2.81 bits per heavy atom. The number of carbonyl (C=O) groups excluding carboxylic acids is 1. The lowest BCUT2D eigenvalue weighted by atomic mass is 10.3. The van der Waals surface area contributed by atoms with Crippen molar-refractivity contribution >= 4 is 40.2 Å². The molecule has 21 heavy (non-hydrogen) atoms. The van der Waals surface area contributed by atoms with Gasteiger partial charge in [0.15, 0.2) is 5.17 Å². The van der Waals surface area contributed by atoms with Gasteiger partial charge in [0, 0.05) is 17.0 Å². The van der Waals surface area contributed by atoms with E-state index in [-0.39, 0.29) is 17.1 Å². The molecule has 1 N–H and O–H groups in total. The molecule has 1 atom stereocenters. The van der Waals surface area contributed by atoms with E-state index >= 15 is 0 Å². The first-order chi connectivity index (χ1) is 9.88. The molecule has 4 nitrogen and oxygen atoms in total. The van der Waals surface area contributed by atoms with Crippen LogP contribution in [0, 0.1) is 5.82 Å². The topological polar surface area (TPSA) is 44.7 Å². The van der Waals surface area contributed by atoms with Gasteiger partial charge in [0.25, 0.3) is 0 Å². The number of benzene rings is 1. The Hall–Kier alpha value is -1.27. The van der Waals surface area contributed by atoms with Gasteiger partial charge in [-0.3, -0.25) is 9.89 Å². The quantitative estimate of drug-likeness (QED) is 0.883. The SMILES string of the molecule is CC(C)N(C(=O)Nc1ccc(F)c(Cl)c1)C1=NC[C@@H](C)S1. The first-order valence-corrected chi connectivity index (χ1v) is 7.90. The van der Waals surface area contributed by atoms with Gasteiger partial charge in [0.2, 0.25) is 0 Å². The van der Waals surface area contributed by atoms with Crippen molar-refractivity contribution in [2.75, 3.05) is 11.9 Å². The zero-order valence-electron chi connectivity index (χ0n) is 12.1. The van der Waals surface area contributed by atoms with Gasteiger partial charge < -0.3 is 5.32 Å². The van der Waals surface area contributed by atoms with Crippen LogP contribution in [0.5, 0.6) is 0 Å². The molecule has 2 rings (SSSR count). The number of nitrogens with zero attached hydrogens (tertiary/aromatic N) is 2. The maximum absolute atomic E-state index is 13.1. The summed E-state index contributed by atoms with van der Waals surface area (Å²) in [6.45, 7) is 6.61. The normalized spacial score (nSPS) is 17.8. The van der Waals surface area contributed by atoms with Crippen molar-refractivity contribution in [2.45, 2.75) is 32.1 Å². The molecule has 0 aromatic heterocycles. The Bertz CT molecular complexity index is 579. The van der Waals surface area contributed by atoms with Crippen LogP contribution in [0.25, 0.3) is 0 Å². The second-order valence-corrected chi connectivity index (χ2v) is 6.89. The third-order valence-corrected chi connectivity index (χ3v) is 4.28. The first-order valence-electron chi connectivity index (χ1n) is 6.65. The molecular formula is C14H17ClFN3OS. The number of rotatable bonds is 2. The van der Waals surface area contributed by atoms with Gasteiger partial charge in [0.05, 0.1) is 11.6 Å². The van der Waals surface area contributed by atoms with E-state index in [9.17, 15) is 9.18 Å². The van der Waals surface area contributed by atoms with E-state index in [2.05, 4.69) is 17.2 Å². The zero-order chi connectivity index (χ0) is 15.6. The predicted octanol–water partition coefficient (Wildman–Crippen LogP) is 4.21. The van der Waals surface area contributed by atoms with Crippen molar-refractivity contribution in [2.24, 2.45) is 4.99 Å². The highest BCUT2D eigenvalue weighted by atomic mass is 35.5. The monoisotopic (exact) mass is 329 g/mol. The number of hydrogen-bond donors (Lipinski definition) is 1. The molecule has 0 aliphatic carbocycles. The second-order valence-electron chi connectivity index (χ2n) is 5.07. The minimum Gasteiger partial charge on any atom is -0.307 e. The smallest absolute Gasteiger partial charge is 0.307 e. The van der Waals surface area contributed by atoms with Crippen molar-refractivity contribution in [1.29, 1.82) is 0 Å². The molecule has 0 bridgehead atoms. The number of carbonyl (C=O) groups is 1. The van der Waals surface area contributed by atoms with E-state index in [0.29, 0.717) is 22.6 Å². The largest absolute Gasteiger partial charge is 0.328 e. The molecule has 0 spiro atoms. The van der Waals surface area contributed by atoms with Crippen LogP contribution in [-0.2, 0) is 0 Å².